The molecule has 0 spiro atoms. The first-order valence-corrected chi connectivity index (χ1v) is 7.77. The number of fused-ring (bicyclic) bond motifs is 1. The van der Waals surface area contributed by atoms with Crippen molar-refractivity contribution in [3.05, 3.63) is 52.5 Å². The van der Waals surface area contributed by atoms with Crippen LogP contribution in [0, 0.1) is 6.92 Å². The molecule has 1 N–H and O–H groups in total. The molecular formula is C16H15N3O2S. The highest BCUT2D eigenvalue weighted by Gasteiger charge is 2.12. The molecule has 2 aromatic heterocycles. The molecule has 6 heteroatoms. The van der Waals surface area contributed by atoms with Gasteiger partial charge in [0.2, 0.25) is 5.91 Å². The highest BCUT2D eigenvalue weighted by molar-refractivity contribution is 7.14. The van der Waals surface area contributed by atoms with Gasteiger partial charge in [-0.05, 0) is 31.2 Å². The van der Waals surface area contributed by atoms with Gasteiger partial charge in [-0.25, -0.2) is 9.66 Å². The molecule has 0 aliphatic carbocycles. The summed E-state index contributed by atoms with van der Waals surface area (Å²) in [6, 6.07) is 11.3. The predicted molar refractivity (Wildman–Crippen MR) is 86.7 cm³/mol. The largest absolute Gasteiger partial charge is 0.293 e. The van der Waals surface area contributed by atoms with Crippen LogP contribution in [0.4, 0.5) is 0 Å². The lowest BCUT2D eigenvalue weighted by atomic mass is 10.2. The summed E-state index contributed by atoms with van der Waals surface area (Å²) in [5.41, 5.74) is 4.39. The number of ketones is 1. The van der Waals surface area contributed by atoms with E-state index >= 15 is 0 Å². The number of benzene rings is 1. The second-order valence-corrected chi connectivity index (χ2v) is 6.26. The van der Waals surface area contributed by atoms with Crippen molar-refractivity contribution in [3.63, 3.8) is 0 Å². The summed E-state index contributed by atoms with van der Waals surface area (Å²) in [7, 11) is 0. The average Bonchev–Trinajstić information content (AvgIpc) is 3.12. The topological polar surface area (TPSA) is 64.0 Å². The van der Waals surface area contributed by atoms with Crippen LogP contribution in [0.1, 0.15) is 27.4 Å². The Labute approximate surface area is 131 Å². The maximum atomic E-state index is 12.0. The number of aromatic nitrogens is 2. The van der Waals surface area contributed by atoms with Crippen LogP contribution >= 0.6 is 11.3 Å². The summed E-state index contributed by atoms with van der Waals surface area (Å²) >= 11 is 1.46. The Morgan fingerprint density at radius 1 is 1.18 bits per heavy atom. The molecule has 0 aliphatic heterocycles. The van der Waals surface area contributed by atoms with Crippen LogP contribution in [0.3, 0.4) is 0 Å². The normalized spacial score (nSPS) is 10.8. The highest BCUT2D eigenvalue weighted by atomic mass is 32.1. The van der Waals surface area contributed by atoms with Gasteiger partial charge in [0.1, 0.15) is 6.33 Å². The second kappa shape index (κ2) is 6.11. The van der Waals surface area contributed by atoms with Gasteiger partial charge in [-0.2, -0.15) is 0 Å². The Morgan fingerprint density at radius 3 is 2.77 bits per heavy atom. The van der Waals surface area contributed by atoms with Crippen LogP contribution in [0.25, 0.3) is 11.0 Å². The van der Waals surface area contributed by atoms with E-state index in [1.54, 1.807) is 11.0 Å². The van der Waals surface area contributed by atoms with E-state index in [2.05, 4.69) is 10.4 Å². The van der Waals surface area contributed by atoms with Gasteiger partial charge in [-0.1, -0.05) is 12.1 Å². The van der Waals surface area contributed by atoms with Crippen LogP contribution in [-0.2, 0) is 4.79 Å². The van der Waals surface area contributed by atoms with Crippen LogP contribution in [0.15, 0.2) is 42.7 Å². The number of amides is 1. The number of aryl methyl sites for hydroxylation is 1. The fraction of sp³-hybridized carbons (Fsp3) is 0.188. The number of thiophene rings is 1. The first-order chi connectivity index (χ1) is 10.6. The van der Waals surface area contributed by atoms with Gasteiger partial charge in [0, 0.05) is 17.7 Å². The molecule has 0 fully saturated rings. The Morgan fingerprint density at radius 2 is 2.00 bits per heavy atom. The van der Waals surface area contributed by atoms with Crippen LogP contribution < -0.4 is 5.43 Å². The van der Waals surface area contributed by atoms with Crippen molar-refractivity contribution < 1.29 is 9.59 Å². The maximum Gasteiger partial charge on any atom is 0.239 e. The SMILES string of the molecule is Cc1ccc(C(=O)CCC(=O)Nn2cnc3ccccc32)s1. The van der Waals surface area contributed by atoms with Gasteiger partial charge < -0.3 is 0 Å². The number of para-hydroxylation sites is 2. The van der Waals surface area contributed by atoms with Gasteiger partial charge in [-0.3, -0.25) is 15.0 Å². The molecule has 2 heterocycles. The molecule has 0 atom stereocenters. The van der Waals surface area contributed by atoms with Gasteiger partial charge in [-0.15, -0.1) is 11.3 Å². The molecule has 112 valence electrons. The molecule has 22 heavy (non-hydrogen) atoms. The molecule has 3 rings (SSSR count). The number of carbonyl (C=O) groups excluding carboxylic acids is 2. The molecule has 0 saturated carbocycles. The standard InChI is InChI=1S/C16H15N3O2S/c1-11-6-8-15(22-11)14(20)7-9-16(21)18-19-10-17-12-4-2-3-5-13(12)19/h2-6,8,10H,7,9H2,1H3,(H,18,21). The van der Waals surface area contributed by atoms with E-state index < -0.39 is 0 Å². The lowest BCUT2D eigenvalue weighted by Gasteiger charge is -2.06. The molecule has 0 bridgehead atoms. The number of hydrogen-bond donors (Lipinski definition) is 1. The fourth-order valence-corrected chi connectivity index (χ4v) is 3.01. The first-order valence-electron chi connectivity index (χ1n) is 6.95. The minimum absolute atomic E-state index is 0.00346. The van der Waals surface area contributed by atoms with Crippen molar-refractivity contribution >= 4 is 34.1 Å². The lowest BCUT2D eigenvalue weighted by molar-refractivity contribution is -0.117. The molecule has 0 radical (unpaired) electrons. The molecule has 0 unspecified atom stereocenters. The summed E-state index contributed by atoms with van der Waals surface area (Å²) in [5.74, 6) is -0.200. The van der Waals surface area contributed by atoms with Crippen molar-refractivity contribution in [1.29, 1.82) is 0 Å². The number of rotatable bonds is 5. The zero-order chi connectivity index (χ0) is 15.5. The van der Waals surface area contributed by atoms with Crippen molar-refractivity contribution in [2.45, 2.75) is 19.8 Å². The minimum Gasteiger partial charge on any atom is -0.293 e. The Hall–Kier alpha value is -2.47. The summed E-state index contributed by atoms with van der Waals surface area (Å²) in [6.07, 6.45) is 1.92. The van der Waals surface area contributed by atoms with E-state index in [1.165, 1.54) is 11.3 Å². The molecule has 5 nitrogen and oxygen atoms in total. The number of nitrogens with zero attached hydrogens (tertiary/aromatic N) is 2. The summed E-state index contributed by atoms with van der Waals surface area (Å²) in [4.78, 5) is 30.0. The zero-order valence-electron chi connectivity index (χ0n) is 12.1. The van der Waals surface area contributed by atoms with E-state index in [-0.39, 0.29) is 24.5 Å². The summed E-state index contributed by atoms with van der Waals surface area (Å²) in [6.45, 7) is 1.96. The second-order valence-electron chi connectivity index (χ2n) is 4.97. The molecular weight excluding hydrogens is 298 g/mol. The molecule has 0 saturated heterocycles. The number of hydrogen-bond acceptors (Lipinski definition) is 4. The van der Waals surface area contributed by atoms with E-state index in [0.29, 0.717) is 4.88 Å². The van der Waals surface area contributed by atoms with Gasteiger partial charge >= 0.3 is 0 Å². The number of nitrogens with one attached hydrogen (secondary N) is 1. The quantitative estimate of drug-likeness (QED) is 0.736. The van der Waals surface area contributed by atoms with E-state index in [9.17, 15) is 9.59 Å². The molecule has 1 amide bonds. The van der Waals surface area contributed by atoms with Crippen molar-refractivity contribution in [2.24, 2.45) is 0 Å². The Bertz CT molecular complexity index is 835. The highest BCUT2D eigenvalue weighted by Crippen LogP contribution is 2.17. The van der Waals surface area contributed by atoms with E-state index in [4.69, 9.17) is 0 Å². The van der Waals surface area contributed by atoms with Crippen LogP contribution in [0.5, 0.6) is 0 Å². The minimum atomic E-state index is -0.204. The van der Waals surface area contributed by atoms with Gasteiger partial charge in [0.25, 0.3) is 0 Å². The van der Waals surface area contributed by atoms with Crippen LogP contribution in [0.2, 0.25) is 0 Å². The monoisotopic (exact) mass is 313 g/mol. The summed E-state index contributed by atoms with van der Waals surface area (Å²) in [5, 5.41) is 0. The third-order valence-corrected chi connectivity index (χ3v) is 4.33. The van der Waals surface area contributed by atoms with Crippen molar-refractivity contribution in [1.82, 2.24) is 9.66 Å². The maximum absolute atomic E-state index is 12.0. The Balaban J connectivity index is 1.60. The zero-order valence-corrected chi connectivity index (χ0v) is 12.9. The van der Waals surface area contributed by atoms with Crippen LogP contribution in [-0.4, -0.2) is 21.4 Å². The predicted octanol–water partition coefficient (Wildman–Crippen LogP) is 3.14. The molecule has 0 aliphatic rings. The third kappa shape index (κ3) is 3.07. The number of imidazole rings is 1. The number of carbonyl (C=O) groups is 2. The first kappa shape index (κ1) is 14.5. The number of Topliss-reactive ketones (excluding diaryl/α,β-unsaturated/α-hetero) is 1. The molecule has 1 aromatic carbocycles. The summed E-state index contributed by atoms with van der Waals surface area (Å²) < 4.78 is 1.58. The van der Waals surface area contributed by atoms with Crippen molar-refractivity contribution in [2.75, 3.05) is 5.43 Å². The van der Waals surface area contributed by atoms with Gasteiger partial charge in [0.15, 0.2) is 5.78 Å². The van der Waals surface area contributed by atoms with Gasteiger partial charge in [0.05, 0.1) is 15.9 Å². The average molecular weight is 313 g/mol. The van der Waals surface area contributed by atoms with Crippen molar-refractivity contribution in [3.8, 4) is 0 Å². The van der Waals surface area contributed by atoms with E-state index in [0.717, 1.165) is 15.9 Å². The lowest BCUT2D eigenvalue weighted by Crippen LogP contribution is -2.22. The fourth-order valence-electron chi connectivity index (χ4n) is 2.17. The smallest absolute Gasteiger partial charge is 0.239 e. The third-order valence-electron chi connectivity index (χ3n) is 3.29. The van der Waals surface area contributed by atoms with E-state index in [1.807, 2.05) is 43.3 Å². The Kier molecular flexibility index (Phi) is 4.02. The molecule has 3 aromatic rings.